The van der Waals surface area contributed by atoms with Gasteiger partial charge in [0.25, 0.3) is 5.56 Å². The Balaban J connectivity index is 1.75. The van der Waals surface area contributed by atoms with Crippen LogP contribution in [0.25, 0.3) is 0 Å². The molecule has 4 rings (SSSR count). The molecule has 2 aromatic carbocycles. The summed E-state index contributed by atoms with van der Waals surface area (Å²) in [7, 11) is 1.67. The number of amides is 1. The van der Waals surface area contributed by atoms with Crippen LogP contribution in [0.2, 0.25) is 0 Å². The van der Waals surface area contributed by atoms with Crippen LogP contribution in [0.15, 0.2) is 58.5 Å². The van der Waals surface area contributed by atoms with Crippen molar-refractivity contribution in [1.82, 2.24) is 9.55 Å². The average Bonchev–Trinajstić information content (AvgIpc) is 2.70. The van der Waals surface area contributed by atoms with Gasteiger partial charge in [0.1, 0.15) is 17.5 Å². The smallest absolute Gasteiger partial charge is 0.279 e. The van der Waals surface area contributed by atoms with Gasteiger partial charge in [-0.05, 0) is 23.3 Å². The number of hydrogen-bond acceptors (Lipinski definition) is 4. The van der Waals surface area contributed by atoms with Crippen LogP contribution >= 0.6 is 11.8 Å². The average molecular weight is 413 g/mol. The predicted octanol–water partition coefficient (Wildman–Crippen LogP) is 3.82. The fraction of sp³-hybridized carbons (Fsp3) is 0.190. The number of rotatable bonds is 4. The summed E-state index contributed by atoms with van der Waals surface area (Å²) in [6, 6.07) is 12.5. The lowest BCUT2D eigenvalue weighted by atomic mass is 9.86. The number of fused-ring (bicyclic) bond motifs is 1. The molecule has 1 aliphatic rings. The zero-order valence-electron chi connectivity index (χ0n) is 15.5. The molecule has 1 amide bonds. The van der Waals surface area contributed by atoms with E-state index in [0.29, 0.717) is 16.5 Å². The largest absolute Gasteiger partial charge is 0.312 e. The number of thioether (sulfide) groups is 1. The van der Waals surface area contributed by atoms with Gasteiger partial charge in [-0.15, -0.1) is 0 Å². The fourth-order valence-corrected chi connectivity index (χ4v) is 4.40. The molecule has 3 aromatic rings. The maximum atomic E-state index is 14.4. The number of carbonyl (C=O) groups excluding carboxylic acids is 1. The maximum Gasteiger partial charge on any atom is 0.279 e. The van der Waals surface area contributed by atoms with E-state index in [-0.39, 0.29) is 35.0 Å². The number of nitrogens with one attached hydrogen (secondary N) is 1. The molecular formula is C21H17F2N3O2S. The zero-order valence-corrected chi connectivity index (χ0v) is 16.3. The standard InChI is InChI=1S/C21H17F2N3O2S/c1-26-19-18(14(10-17(27)24-19)13-7-3-5-9-16(13)23)20(28)25-21(26)29-11-12-6-2-4-8-15(12)22/h2-9,14H,10-11H2,1H3,(H,24,27). The SMILES string of the molecule is Cn1c(SCc2ccccc2F)nc(=O)c2c1NC(=O)CC2c1ccccc1F. The van der Waals surface area contributed by atoms with Crippen LogP contribution in [0.3, 0.4) is 0 Å². The monoisotopic (exact) mass is 413 g/mol. The Labute approximate surface area is 169 Å². The minimum atomic E-state index is -0.711. The molecule has 0 saturated heterocycles. The second-order valence-electron chi connectivity index (χ2n) is 6.73. The van der Waals surface area contributed by atoms with E-state index in [4.69, 9.17) is 0 Å². The third kappa shape index (κ3) is 3.67. The van der Waals surface area contributed by atoms with Crippen molar-refractivity contribution in [2.75, 3.05) is 5.32 Å². The Morgan fingerprint density at radius 3 is 2.52 bits per heavy atom. The summed E-state index contributed by atoms with van der Waals surface area (Å²) >= 11 is 1.19. The normalized spacial score (nSPS) is 15.7. The van der Waals surface area contributed by atoms with Gasteiger partial charge in [-0.2, -0.15) is 4.98 Å². The minimum Gasteiger partial charge on any atom is -0.312 e. The lowest BCUT2D eigenvalue weighted by Gasteiger charge is -2.27. The Hall–Kier alpha value is -3.00. The van der Waals surface area contributed by atoms with Gasteiger partial charge in [0, 0.05) is 25.1 Å². The topological polar surface area (TPSA) is 64.0 Å². The molecule has 148 valence electrons. The highest BCUT2D eigenvalue weighted by Crippen LogP contribution is 2.37. The van der Waals surface area contributed by atoms with E-state index in [9.17, 15) is 18.4 Å². The van der Waals surface area contributed by atoms with E-state index >= 15 is 0 Å². The fourth-order valence-electron chi connectivity index (χ4n) is 3.45. The summed E-state index contributed by atoms with van der Waals surface area (Å²) in [5.74, 6) is -1.26. The zero-order chi connectivity index (χ0) is 20.5. The van der Waals surface area contributed by atoms with Gasteiger partial charge >= 0.3 is 0 Å². The Bertz CT molecular complexity index is 1160. The first-order valence-corrected chi connectivity index (χ1v) is 9.95. The summed E-state index contributed by atoms with van der Waals surface area (Å²) in [5, 5.41) is 3.05. The van der Waals surface area contributed by atoms with Crippen molar-refractivity contribution in [2.24, 2.45) is 7.05 Å². The van der Waals surface area contributed by atoms with E-state index < -0.39 is 17.3 Å². The summed E-state index contributed by atoms with van der Waals surface area (Å²) in [5.41, 5.74) is 0.502. The van der Waals surface area contributed by atoms with Crippen molar-refractivity contribution in [1.29, 1.82) is 0 Å². The van der Waals surface area contributed by atoms with Gasteiger partial charge in [0.05, 0.1) is 5.56 Å². The van der Waals surface area contributed by atoms with Crippen molar-refractivity contribution < 1.29 is 13.6 Å². The predicted molar refractivity (Wildman–Crippen MR) is 107 cm³/mol. The van der Waals surface area contributed by atoms with Gasteiger partial charge in [-0.3, -0.25) is 9.59 Å². The third-order valence-corrected chi connectivity index (χ3v) is 5.97. The highest BCUT2D eigenvalue weighted by Gasteiger charge is 2.33. The first kappa shape index (κ1) is 19.3. The van der Waals surface area contributed by atoms with Crippen LogP contribution in [0, 0.1) is 11.6 Å². The Kier molecular flexibility index (Phi) is 5.19. The van der Waals surface area contributed by atoms with Crippen molar-refractivity contribution in [2.45, 2.75) is 23.2 Å². The molecule has 0 aliphatic carbocycles. The minimum absolute atomic E-state index is 0.0351. The number of benzene rings is 2. The van der Waals surface area contributed by atoms with Crippen LogP contribution in [0.5, 0.6) is 0 Å². The van der Waals surface area contributed by atoms with Crippen molar-refractivity contribution >= 4 is 23.5 Å². The van der Waals surface area contributed by atoms with Gasteiger partial charge in [0.2, 0.25) is 5.91 Å². The van der Waals surface area contributed by atoms with E-state index in [1.54, 1.807) is 48.0 Å². The van der Waals surface area contributed by atoms with Crippen LogP contribution in [-0.2, 0) is 17.6 Å². The van der Waals surface area contributed by atoms with Crippen molar-refractivity contribution in [3.05, 3.63) is 87.2 Å². The van der Waals surface area contributed by atoms with Gasteiger partial charge in [0.15, 0.2) is 5.16 Å². The molecule has 0 saturated carbocycles. The van der Waals surface area contributed by atoms with Gasteiger partial charge in [-0.1, -0.05) is 48.2 Å². The summed E-state index contributed by atoms with van der Waals surface area (Å²) < 4.78 is 29.8. The molecule has 0 radical (unpaired) electrons. The molecule has 1 aliphatic heterocycles. The Morgan fingerprint density at radius 1 is 1.10 bits per heavy atom. The number of carbonyl (C=O) groups is 1. The molecular weight excluding hydrogens is 396 g/mol. The number of aromatic nitrogens is 2. The van der Waals surface area contributed by atoms with Gasteiger partial charge < -0.3 is 9.88 Å². The molecule has 0 spiro atoms. The van der Waals surface area contributed by atoms with Crippen LogP contribution in [0.4, 0.5) is 14.6 Å². The molecule has 1 aromatic heterocycles. The molecule has 1 N–H and O–H groups in total. The summed E-state index contributed by atoms with van der Waals surface area (Å²) in [6.07, 6.45) is -0.0351. The van der Waals surface area contributed by atoms with E-state index in [2.05, 4.69) is 10.3 Å². The summed E-state index contributed by atoms with van der Waals surface area (Å²) in [4.78, 5) is 29.3. The first-order chi connectivity index (χ1) is 14.0. The molecule has 1 atom stereocenters. The van der Waals surface area contributed by atoms with Crippen molar-refractivity contribution in [3.8, 4) is 0 Å². The lowest BCUT2D eigenvalue weighted by molar-refractivity contribution is -0.116. The van der Waals surface area contributed by atoms with Crippen LogP contribution < -0.4 is 10.9 Å². The van der Waals surface area contributed by atoms with Crippen LogP contribution in [0.1, 0.15) is 29.0 Å². The third-order valence-electron chi connectivity index (χ3n) is 4.90. The van der Waals surface area contributed by atoms with E-state index in [1.165, 1.54) is 23.9 Å². The molecule has 29 heavy (non-hydrogen) atoms. The second-order valence-corrected chi connectivity index (χ2v) is 7.67. The molecule has 1 unspecified atom stereocenters. The summed E-state index contributed by atoms with van der Waals surface area (Å²) in [6.45, 7) is 0. The number of anilines is 1. The maximum absolute atomic E-state index is 14.4. The van der Waals surface area contributed by atoms with Crippen molar-refractivity contribution in [3.63, 3.8) is 0 Å². The highest BCUT2D eigenvalue weighted by molar-refractivity contribution is 7.98. The molecule has 0 fully saturated rings. The first-order valence-electron chi connectivity index (χ1n) is 8.97. The molecule has 5 nitrogen and oxygen atoms in total. The molecule has 2 heterocycles. The number of halogens is 2. The second kappa shape index (κ2) is 7.79. The van der Waals surface area contributed by atoms with E-state index in [0.717, 1.165) is 0 Å². The lowest BCUT2D eigenvalue weighted by Crippen LogP contribution is -2.33. The van der Waals surface area contributed by atoms with E-state index in [1.807, 2.05) is 0 Å². The quantitative estimate of drug-likeness (QED) is 0.522. The highest BCUT2D eigenvalue weighted by atomic mass is 32.2. The van der Waals surface area contributed by atoms with Gasteiger partial charge in [-0.25, -0.2) is 8.78 Å². The Morgan fingerprint density at radius 2 is 1.79 bits per heavy atom. The molecule has 8 heteroatoms. The number of nitrogens with zero attached hydrogens (tertiary/aromatic N) is 2. The molecule has 0 bridgehead atoms. The number of hydrogen-bond donors (Lipinski definition) is 1. The van der Waals surface area contributed by atoms with Crippen LogP contribution in [-0.4, -0.2) is 15.5 Å².